The van der Waals surface area contributed by atoms with Gasteiger partial charge in [-0.25, -0.2) is 8.42 Å². The van der Waals surface area contributed by atoms with Crippen LogP contribution in [0.15, 0.2) is 0 Å². The van der Waals surface area contributed by atoms with Crippen LogP contribution in [0, 0.1) is 11.3 Å². The molecule has 0 N–H and O–H groups in total. The van der Waals surface area contributed by atoms with Gasteiger partial charge in [0.2, 0.25) is 0 Å². The van der Waals surface area contributed by atoms with Gasteiger partial charge in [0.25, 0.3) is 0 Å². The van der Waals surface area contributed by atoms with Gasteiger partial charge in [0.1, 0.15) is 6.29 Å². The molecule has 1 rings (SSSR count). The average molecular weight is 204 g/mol. The van der Waals surface area contributed by atoms with Gasteiger partial charge in [-0.3, -0.25) is 0 Å². The van der Waals surface area contributed by atoms with Gasteiger partial charge in [0, 0.05) is 5.41 Å². The second-order valence-electron chi connectivity index (χ2n) is 4.27. The summed E-state index contributed by atoms with van der Waals surface area (Å²) in [5.41, 5.74) is -0.319. The molecule has 0 bridgehead atoms. The van der Waals surface area contributed by atoms with Gasteiger partial charge in [-0.05, 0) is 18.8 Å². The van der Waals surface area contributed by atoms with E-state index in [9.17, 15) is 13.2 Å². The van der Waals surface area contributed by atoms with Crippen LogP contribution in [0.1, 0.15) is 26.7 Å². The van der Waals surface area contributed by atoms with E-state index in [-0.39, 0.29) is 22.8 Å². The van der Waals surface area contributed by atoms with E-state index in [2.05, 4.69) is 0 Å². The first-order chi connectivity index (χ1) is 5.91. The maximum Gasteiger partial charge on any atom is 0.150 e. The number of rotatable bonds is 4. The third-order valence-electron chi connectivity index (χ3n) is 2.83. The molecule has 0 aromatic heterocycles. The summed E-state index contributed by atoms with van der Waals surface area (Å²) in [4.78, 5) is 10.7. The SMILES string of the molecule is CCC(C)(C=O)CC1CS(=O)(=O)C1. The summed E-state index contributed by atoms with van der Waals surface area (Å²) >= 11 is 0. The number of aldehydes is 1. The Kier molecular flexibility index (Phi) is 2.80. The fraction of sp³-hybridized carbons (Fsp3) is 0.889. The third kappa shape index (κ3) is 2.53. The fourth-order valence-corrected chi connectivity index (χ4v) is 3.30. The Morgan fingerprint density at radius 3 is 2.31 bits per heavy atom. The molecule has 0 spiro atoms. The summed E-state index contributed by atoms with van der Waals surface area (Å²) in [7, 11) is -2.74. The molecular formula is C9H16O3S. The molecule has 1 atom stereocenters. The Hall–Kier alpha value is -0.380. The van der Waals surface area contributed by atoms with E-state index in [1.165, 1.54) is 0 Å². The average Bonchev–Trinajstić information content (AvgIpc) is 2.01. The van der Waals surface area contributed by atoms with Crippen molar-refractivity contribution in [2.24, 2.45) is 11.3 Å². The Labute approximate surface area is 79.4 Å². The highest BCUT2D eigenvalue weighted by molar-refractivity contribution is 7.92. The Morgan fingerprint density at radius 2 is 2.00 bits per heavy atom. The first-order valence-corrected chi connectivity index (χ1v) is 6.40. The molecule has 1 saturated heterocycles. The van der Waals surface area contributed by atoms with Crippen LogP contribution >= 0.6 is 0 Å². The second kappa shape index (κ2) is 3.40. The quantitative estimate of drug-likeness (QED) is 0.643. The van der Waals surface area contributed by atoms with Crippen molar-refractivity contribution in [3.63, 3.8) is 0 Å². The lowest BCUT2D eigenvalue weighted by Crippen LogP contribution is -2.39. The zero-order valence-electron chi connectivity index (χ0n) is 8.12. The van der Waals surface area contributed by atoms with Crippen molar-refractivity contribution in [3.8, 4) is 0 Å². The van der Waals surface area contributed by atoms with E-state index < -0.39 is 9.84 Å². The number of sulfone groups is 1. The highest BCUT2D eigenvalue weighted by atomic mass is 32.2. The van der Waals surface area contributed by atoms with E-state index in [0.717, 1.165) is 12.7 Å². The third-order valence-corrected chi connectivity index (χ3v) is 4.79. The fourth-order valence-electron chi connectivity index (χ4n) is 1.72. The number of hydrogen-bond donors (Lipinski definition) is 0. The van der Waals surface area contributed by atoms with E-state index >= 15 is 0 Å². The van der Waals surface area contributed by atoms with Crippen LogP contribution in [0.5, 0.6) is 0 Å². The van der Waals surface area contributed by atoms with E-state index in [0.29, 0.717) is 6.42 Å². The predicted molar refractivity (Wildman–Crippen MR) is 51.2 cm³/mol. The minimum absolute atomic E-state index is 0.208. The summed E-state index contributed by atoms with van der Waals surface area (Å²) in [6.45, 7) is 3.85. The lowest BCUT2D eigenvalue weighted by atomic mass is 9.81. The van der Waals surface area contributed by atoms with E-state index in [1.807, 2.05) is 13.8 Å². The Balaban J connectivity index is 2.47. The van der Waals surface area contributed by atoms with E-state index in [1.54, 1.807) is 0 Å². The van der Waals surface area contributed by atoms with Crippen LogP contribution in [-0.4, -0.2) is 26.2 Å². The summed E-state index contributed by atoms with van der Waals surface area (Å²) in [5.74, 6) is 0.757. The van der Waals surface area contributed by atoms with Crippen molar-refractivity contribution in [1.82, 2.24) is 0 Å². The largest absolute Gasteiger partial charge is 0.303 e. The van der Waals surface area contributed by atoms with Gasteiger partial charge in [-0.15, -0.1) is 0 Å². The lowest BCUT2D eigenvalue weighted by Gasteiger charge is -2.32. The maximum absolute atomic E-state index is 10.9. The first-order valence-electron chi connectivity index (χ1n) is 4.57. The van der Waals surface area contributed by atoms with Crippen molar-refractivity contribution >= 4 is 16.1 Å². The van der Waals surface area contributed by atoms with Crippen LogP contribution in [-0.2, 0) is 14.6 Å². The Bertz CT molecular complexity index is 282. The molecular weight excluding hydrogens is 188 g/mol. The summed E-state index contributed by atoms with van der Waals surface area (Å²) in [5, 5.41) is 0. The Morgan fingerprint density at radius 1 is 1.46 bits per heavy atom. The predicted octanol–water partition coefficient (Wildman–Crippen LogP) is 1.04. The van der Waals surface area contributed by atoms with Crippen molar-refractivity contribution in [2.45, 2.75) is 26.7 Å². The molecule has 0 aromatic rings. The van der Waals surface area contributed by atoms with E-state index in [4.69, 9.17) is 0 Å². The van der Waals surface area contributed by atoms with Gasteiger partial charge in [-0.1, -0.05) is 13.8 Å². The van der Waals surface area contributed by atoms with Gasteiger partial charge >= 0.3 is 0 Å². The molecule has 4 heteroatoms. The second-order valence-corrected chi connectivity index (χ2v) is 6.43. The number of hydrogen-bond acceptors (Lipinski definition) is 3. The van der Waals surface area contributed by atoms with Gasteiger partial charge in [0.05, 0.1) is 11.5 Å². The zero-order valence-corrected chi connectivity index (χ0v) is 8.93. The molecule has 1 unspecified atom stereocenters. The highest BCUT2D eigenvalue weighted by Gasteiger charge is 2.37. The molecule has 0 amide bonds. The highest BCUT2D eigenvalue weighted by Crippen LogP contribution is 2.33. The van der Waals surface area contributed by atoms with Crippen LogP contribution in [0.2, 0.25) is 0 Å². The van der Waals surface area contributed by atoms with Crippen molar-refractivity contribution in [3.05, 3.63) is 0 Å². The number of carbonyl (C=O) groups is 1. The monoisotopic (exact) mass is 204 g/mol. The zero-order chi connectivity index (χ0) is 10.1. The minimum atomic E-state index is -2.74. The molecule has 1 aliphatic heterocycles. The number of carbonyl (C=O) groups excluding carboxylic acids is 1. The maximum atomic E-state index is 10.9. The first kappa shape index (κ1) is 10.7. The molecule has 13 heavy (non-hydrogen) atoms. The topological polar surface area (TPSA) is 51.2 Å². The molecule has 3 nitrogen and oxygen atoms in total. The molecule has 0 radical (unpaired) electrons. The summed E-state index contributed by atoms with van der Waals surface area (Å²) in [6.07, 6.45) is 2.46. The lowest BCUT2D eigenvalue weighted by molar-refractivity contribution is -0.116. The van der Waals surface area contributed by atoms with Gasteiger partial charge in [-0.2, -0.15) is 0 Å². The normalized spacial score (nSPS) is 26.0. The molecule has 0 saturated carbocycles. The van der Waals surface area contributed by atoms with Crippen molar-refractivity contribution in [2.75, 3.05) is 11.5 Å². The molecule has 1 aliphatic rings. The summed E-state index contributed by atoms with van der Waals surface area (Å²) < 4.78 is 21.7. The van der Waals surface area contributed by atoms with Crippen LogP contribution in [0.25, 0.3) is 0 Å². The van der Waals surface area contributed by atoms with Crippen LogP contribution in [0.3, 0.4) is 0 Å². The molecule has 1 heterocycles. The molecule has 0 aromatic carbocycles. The van der Waals surface area contributed by atoms with Crippen molar-refractivity contribution in [1.29, 1.82) is 0 Å². The smallest absolute Gasteiger partial charge is 0.150 e. The minimum Gasteiger partial charge on any atom is -0.303 e. The van der Waals surface area contributed by atoms with Crippen LogP contribution < -0.4 is 0 Å². The van der Waals surface area contributed by atoms with Crippen LogP contribution in [0.4, 0.5) is 0 Å². The standard InChI is InChI=1S/C9H16O3S/c1-3-9(2,7-10)4-8-5-13(11,12)6-8/h7-8H,3-6H2,1-2H3. The van der Waals surface area contributed by atoms with Gasteiger partial charge < -0.3 is 4.79 Å². The molecule has 1 fully saturated rings. The summed E-state index contributed by atoms with van der Waals surface area (Å²) in [6, 6.07) is 0. The van der Waals surface area contributed by atoms with Crippen molar-refractivity contribution < 1.29 is 13.2 Å². The molecule has 76 valence electrons. The molecule has 0 aliphatic carbocycles. The van der Waals surface area contributed by atoms with Gasteiger partial charge in [0.15, 0.2) is 9.84 Å².